The number of nitrogens with zero attached hydrogens (tertiary/aromatic N) is 2. The molecule has 4 aromatic rings. The summed E-state index contributed by atoms with van der Waals surface area (Å²) in [5.74, 6) is 0.725. The van der Waals surface area contributed by atoms with Crippen LogP contribution in [0.5, 0.6) is 5.75 Å². The van der Waals surface area contributed by atoms with Crippen molar-refractivity contribution in [2.75, 3.05) is 11.9 Å². The molecule has 31 heavy (non-hydrogen) atoms. The van der Waals surface area contributed by atoms with Crippen molar-refractivity contribution in [2.45, 2.75) is 6.92 Å². The molecular formula is C25H20N4O2. The van der Waals surface area contributed by atoms with Crippen LogP contribution in [0, 0.1) is 18.3 Å². The highest BCUT2D eigenvalue weighted by Crippen LogP contribution is 2.25. The van der Waals surface area contributed by atoms with E-state index < -0.39 is 0 Å². The zero-order valence-electron chi connectivity index (χ0n) is 16.9. The molecule has 0 saturated carbocycles. The number of H-pyrrole nitrogens is 1. The van der Waals surface area contributed by atoms with Gasteiger partial charge in [-0.15, -0.1) is 0 Å². The van der Waals surface area contributed by atoms with E-state index in [9.17, 15) is 10.1 Å². The highest BCUT2D eigenvalue weighted by atomic mass is 16.5. The fraction of sp³-hybridized carbons (Fsp3) is 0.0800. The molecule has 0 bridgehead atoms. The molecule has 0 radical (unpaired) electrons. The Morgan fingerprint density at radius 1 is 1.13 bits per heavy atom. The average Bonchev–Trinajstić information content (AvgIpc) is 3.20. The number of carbonyl (C=O) groups excluding carboxylic acids is 1. The van der Waals surface area contributed by atoms with Crippen LogP contribution in [-0.4, -0.2) is 22.5 Å². The lowest BCUT2D eigenvalue weighted by molar-refractivity contribution is -0.118. The minimum Gasteiger partial charge on any atom is -0.483 e. The fourth-order valence-electron chi connectivity index (χ4n) is 3.15. The molecule has 0 unspecified atom stereocenters. The predicted molar refractivity (Wildman–Crippen MR) is 121 cm³/mol. The summed E-state index contributed by atoms with van der Waals surface area (Å²) in [6, 6.07) is 24.5. The van der Waals surface area contributed by atoms with Crippen molar-refractivity contribution in [3.63, 3.8) is 0 Å². The van der Waals surface area contributed by atoms with Gasteiger partial charge in [-0.2, -0.15) is 5.26 Å². The molecule has 3 aromatic carbocycles. The molecule has 0 aliphatic heterocycles. The molecule has 6 heteroatoms. The molecule has 1 amide bonds. The second-order valence-corrected chi connectivity index (χ2v) is 7.02. The maximum Gasteiger partial charge on any atom is 0.262 e. The minimum absolute atomic E-state index is 0.147. The van der Waals surface area contributed by atoms with E-state index in [2.05, 4.69) is 21.4 Å². The van der Waals surface area contributed by atoms with Crippen LogP contribution in [0.2, 0.25) is 0 Å². The predicted octanol–water partition coefficient (Wildman–Crippen LogP) is 4.95. The smallest absolute Gasteiger partial charge is 0.262 e. The van der Waals surface area contributed by atoms with Gasteiger partial charge in [-0.25, -0.2) is 4.98 Å². The molecule has 1 aromatic heterocycles. The third-order valence-electron chi connectivity index (χ3n) is 4.65. The van der Waals surface area contributed by atoms with Gasteiger partial charge in [-0.3, -0.25) is 4.79 Å². The van der Waals surface area contributed by atoms with E-state index >= 15 is 0 Å². The molecular weight excluding hydrogens is 388 g/mol. The number of hydrogen-bond donors (Lipinski definition) is 2. The van der Waals surface area contributed by atoms with Crippen LogP contribution in [0.1, 0.15) is 17.0 Å². The molecule has 0 atom stereocenters. The third-order valence-corrected chi connectivity index (χ3v) is 4.65. The van der Waals surface area contributed by atoms with Crippen molar-refractivity contribution < 1.29 is 9.53 Å². The summed E-state index contributed by atoms with van der Waals surface area (Å²) in [7, 11) is 0. The Balaban J connectivity index is 1.54. The van der Waals surface area contributed by atoms with Crippen LogP contribution < -0.4 is 10.1 Å². The van der Waals surface area contributed by atoms with Crippen molar-refractivity contribution in [3.05, 3.63) is 89.7 Å². The number of carbonyl (C=O) groups is 1. The first-order valence-corrected chi connectivity index (χ1v) is 9.77. The second kappa shape index (κ2) is 8.97. The topological polar surface area (TPSA) is 90.8 Å². The summed E-state index contributed by atoms with van der Waals surface area (Å²) in [6.07, 6.45) is 1.70. The minimum atomic E-state index is -0.266. The molecule has 0 fully saturated rings. The van der Waals surface area contributed by atoms with E-state index in [1.54, 1.807) is 12.1 Å². The van der Waals surface area contributed by atoms with Crippen LogP contribution in [0.4, 0.5) is 5.69 Å². The number of ether oxygens (including phenoxy) is 1. The number of nitriles is 1. The van der Waals surface area contributed by atoms with E-state index in [0.29, 0.717) is 28.4 Å². The number of amides is 1. The number of aryl methyl sites for hydroxylation is 1. The quantitative estimate of drug-likeness (QED) is 0.442. The average molecular weight is 408 g/mol. The molecule has 0 saturated heterocycles. The van der Waals surface area contributed by atoms with Gasteiger partial charge in [0.25, 0.3) is 5.91 Å². The van der Waals surface area contributed by atoms with Gasteiger partial charge in [-0.05, 0) is 48.9 Å². The van der Waals surface area contributed by atoms with Crippen molar-refractivity contribution in [1.82, 2.24) is 9.97 Å². The Hall–Kier alpha value is -4.37. The van der Waals surface area contributed by atoms with Crippen molar-refractivity contribution in [2.24, 2.45) is 0 Å². The van der Waals surface area contributed by atoms with Crippen LogP contribution >= 0.6 is 0 Å². The SMILES string of the molecule is Cc1ccc2nc(/C(C#N)=C\c3ccccc3OCC(=O)Nc3ccccc3)[nH]c2c1. The van der Waals surface area contributed by atoms with Crippen LogP contribution in [-0.2, 0) is 4.79 Å². The summed E-state index contributed by atoms with van der Waals surface area (Å²) in [4.78, 5) is 19.9. The number of aromatic amines is 1. The van der Waals surface area contributed by atoms with E-state index in [1.165, 1.54) is 0 Å². The van der Waals surface area contributed by atoms with Crippen LogP contribution in [0.3, 0.4) is 0 Å². The lowest BCUT2D eigenvalue weighted by atomic mass is 10.1. The molecule has 0 spiro atoms. The first kappa shape index (κ1) is 19.9. The summed E-state index contributed by atoms with van der Waals surface area (Å²) in [6.45, 7) is 1.86. The first-order valence-electron chi connectivity index (χ1n) is 9.77. The van der Waals surface area contributed by atoms with Gasteiger partial charge in [0.05, 0.1) is 16.6 Å². The van der Waals surface area contributed by atoms with E-state index in [-0.39, 0.29) is 12.5 Å². The monoisotopic (exact) mass is 408 g/mol. The van der Waals surface area contributed by atoms with E-state index in [1.807, 2.05) is 73.7 Å². The highest BCUT2D eigenvalue weighted by molar-refractivity contribution is 5.93. The van der Waals surface area contributed by atoms with Gasteiger partial charge < -0.3 is 15.0 Å². The number of fused-ring (bicyclic) bond motifs is 1. The lowest BCUT2D eigenvalue weighted by Gasteiger charge is -2.10. The maximum absolute atomic E-state index is 12.2. The number of para-hydroxylation sites is 2. The van der Waals surface area contributed by atoms with E-state index in [0.717, 1.165) is 16.6 Å². The van der Waals surface area contributed by atoms with Crippen LogP contribution in [0.15, 0.2) is 72.8 Å². The second-order valence-electron chi connectivity index (χ2n) is 7.02. The Morgan fingerprint density at radius 3 is 2.71 bits per heavy atom. The summed E-state index contributed by atoms with van der Waals surface area (Å²) in [5.41, 5.74) is 4.54. The van der Waals surface area contributed by atoms with Gasteiger partial charge in [0.15, 0.2) is 6.61 Å². The Kier molecular flexibility index (Phi) is 5.77. The highest BCUT2D eigenvalue weighted by Gasteiger charge is 2.11. The number of imidazole rings is 1. The zero-order chi connectivity index (χ0) is 21.6. The summed E-state index contributed by atoms with van der Waals surface area (Å²) in [5, 5.41) is 12.5. The Morgan fingerprint density at radius 2 is 1.90 bits per heavy atom. The Labute approximate surface area is 179 Å². The number of nitrogens with one attached hydrogen (secondary N) is 2. The van der Waals surface area contributed by atoms with Crippen molar-refractivity contribution in [3.8, 4) is 11.8 Å². The standard InChI is InChI=1S/C25H20N4O2/c1-17-11-12-21-22(13-17)29-25(28-21)19(15-26)14-18-7-5-6-10-23(18)31-16-24(30)27-20-8-3-2-4-9-20/h2-14H,16H2,1H3,(H,27,30)(H,28,29)/b19-14-. The number of aromatic nitrogens is 2. The number of benzene rings is 3. The van der Waals surface area contributed by atoms with Gasteiger partial charge in [-0.1, -0.05) is 42.5 Å². The maximum atomic E-state index is 12.2. The molecule has 1 heterocycles. The zero-order valence-corrected chi connectivity index (χ0v) is 16.9. The van der Waals surface area contributed by atoms with Crippen molar-refractivity contribution >= 4 is 34.3 Å². The number of hydrogen-bond acceptors (Lipinski definition) is 4. The molecule has 2 N–H and O–H groups in total. The number of anilines is 1. The fourth-order valence-corrected chi connectivity index (χ4v) is 3.15. The molecule has 4 rings (SSSR count). The normalized spacial score (nSPS) is 11.2. The van der Waals surface area contributed by atoms with Crippen LogP contribution in [0.25, 0.3) is 22.7 Å². The number of allylic oxidation sites excluding steroid dienone is 1. The molecule has 6 nitrogen and oxygen atoms in total. The largest absolute Gasteiger partial charge is 0.483 e. The van der Waals surface area contributed by atoms with E-state index in [4.69, 9.17) is 4.74 Å². The van der Waals surface area contributed by atoms with Gasteiger partial charge in [0.1, 0.15) is 17.6 Å². The summed E-state index contributed by atoms with van der Waals surface area (Å²) >= 11 is 0. The molecule has 0 aliphatic rings. The molecule has 0 aliphatic carbocycles. The van der Waals surface area contributed by atoms with Crippen molar-refractivity contribution in [1.29, 1.82) is 5.26 Å². The first-order chi connectivity index (χ1) is 15.1. The molecule has 152 valence electrons. The number of rotatable bonds is 6. The third kappa shape index (κ3) is 4.80. The lowest BCUT2D eigenvalue weighted by Crippen LogP contribution is -2.20. The van der Waals surface area contributed by atoms with Gasteiger partial charge in [0, 0.05) is 11.3 Å². The van der Waals surface area contributed by atoms with Gasteiger partial charge >= 0.3 is 0 Å². The van der Waals surface area contributed by atoms with Gasteiger partial charge in [0.2, 0.25) is 0 Å². The Bertz CT molecular complexity index is 1300. The summed E-state index contributed by atoms with van der Waals surface area (Å²) < 4.78 is 5.73.